The van der Waals surface area contributed by atoms with Crippen molar-refractivity contribution in [2.75, 3.05) is 12.3 Å². The van der Waals surface area contributed by atoms with Crippen molar-refractivity contribution in [3.8, 4) is 0 Å². The van der Waals surface area contributed by atoms with E-state index in [-0.39, 0.29) is 23.6 Å². The number of carbonyl (C=O) groups excluding carboxylic acids is 1. The van der Waals surface area contributed by atoms with Gasteiger partial charge in [-0.1, -0.05) is 13.0 Å². The van der Waals surface area contributed by atoms with Crippen molar-refractivity contribution < 1.29 is 9.90 Å². The van der Waals surface area contributed by atoms with Crippen molar-refractivity contribution in [1.82, 2.24) is 9.88 Å². The molecule has 122 valence electrons. The molecule has 1 heterocycles. The highest BCUT2D eigenvalue weighted by Gasteiger charge is 2.27. The van der Waals surface area contributed by atoms with Gasteiger partial charge in [-0.2, -0.15) is 0 Å². The number of benzene rings is 1. The maximum atomic E-state index is 12.7. The van der Waals surface area contributed by atoms with E-state index in [0.29, 0.717) is 23.5 Å². The molecule has 0 radical (unpaired) electrons. The Balaban J connectivity index is 2.14. The Bertz CT molecular complexity index is 805. The molecule has 3 rings (SSSR count). The maximum Gasteiger partial charge on any atom is 0.257 e. The van der Waals surface area contributed by atoms with Crippen LogP contribution in [-0.4, -0.2) is 28.2 Å². The van der Waals surface area contributed by atoms with E-state index in [4.69, 9.17) is 5.73 Å². The number of anilines is 1. The van der Waals surface area contributed by atoms with Gasteiger partial charge < -0.3 is 20.7 Å². The fraction of sp³-hybridized carbons (Fsp3) is 0.412. The van der Waals surface area contributed by atoms with E-state index < -0.39 is 5.91 Å². The number of aliphatic hydroxyl groups is 1. The number of nitrogens with two attached hydrogens (primary N) is 1. The fourth-order valence-corrected chi connectivity index (χ4v) is 2.78. The van der Waals surface area contributed by atoms with Crippen LogP contribution in [0.5, 0.6) is 0 Å². The Labute approximate surface area is 133 Å². The molecular weight excluding hydrogens is 294 g/mol. The summed E-state index contributed by atoms with van der Waals surface area (Å²) in [5.74, 6) is -0.463. The first-order chi connectivity index (χ1) is 11.1. The number of hydrogen-bond acceptors (Lipinski definition) is 4. The third kappa shape index (κ3) is 2.82. The smallest absolute Gasteiger partial charge is 0.257 e. The second-order valence-corrected chi connectivity index (χ2v) is 6.01. The molecule has 0 saturated heterocycles. The number of aliphatic hydroxyl groups excluding tert-OH is 1. The number of amides is 1. The van der Waals surface area contributed by atoms with Crippen molar-refractivity contribution in [3.05, 3.63) is 40.2 Å². The van der Waals surface area contributed by atoms with E-state index >= 15 is 0 Å². The van der Waals surface area contributed by atoms with E-state index in [9.17, 15) is 14.7 Å². The first-order valence-electron chi connectivity index (χ1n) is 7.91. The Kier molecular flexibility index (Phi) is 4.09. The molecule has 6 nitrogen and oxygen atoms in total. The van der Waals surface area contributed by atoms with Gasteiger partial charge in [-0.15, -0.1) is 0 Å². The lowest BCUT2D eigenvalue weighted by Gasteiger charge is -2.16. The Morgan fingerprint density at radius 2 is 2.22 bits per heavy atom. The summed E-state index contributed by atoms with van der Waals surface area (Å²) in [5, 5.41) is 12.3. The van der Waals surface area contributed by atoms with Gasteiger partial charge in [-0.05, 0) is 31.4 Å². The topological polar surface area (TPSA) is 97.3 Å². The Morgan fingerprint density at radius 3 is 2.83 bits per heavy atom. The highest BCUT2D eigenvalue weighted by atomic mass is 16.3. The van der Waals surface area contributed by atoms with Gasteiger partial charge >= 0.3 is 0 Å². The third-order valence-electron chi connectivity index (χ3n) is 4.33. The van der Waals surface area contributed by atoms with Crippen LogP contribution in [0.15, 0.2) is 29.2 Å². The van der Waals surface area contributed by atoms with Gasteiger partial charge in [0.2, 0.25) is 5.43 Å². The molecule has 1 fully saturated rings. The quantitative estimate of drug-likeness (QED) is 0.727. The number of fused-ring (bicyclic) bond motifs is 1. The molecule has 0 aliphatic heterocycles. The van der Waals surface area contributed by atoms with Crippen LogP contribution in [0.25, 0.3) is 10.9 Å². The maximum absolute atomic E-state index is 12.7. The zero-order chi connectivity index (χ0) is 16.6. The third-order valence-corrected chi connectivity index (χ3v) is 4.33. The van der Waals surface area contributed by atoms with Crippen molar-refractivity contribution >= 4 is 22.5 Å². The number of nitrogen functional groups attached to an aromatic ring is 1. The largest absolute Gasteiger partial charge is 0.398 e. The lowest BCUT2D eigenvalue weighted by molar-refractivity contribution is 0.0913. The summed E-state index contributed by atoms with van der Waals surface area (Å²) in [6.07, 6.45) is 4.28. The minimum Gasteiger partial charge on any atom is -0.398 e. The Hall–Kier alpha value is -2.34. The van der Waals surface area contributed by atoms with Crippen LogP contribution in [0.3, 0.4) is 0 Å². The molecule has 1 unspecified atom stereocenters. The van der Waals surface area contributed by atoms with Crippen molar-refractivity contribution in [2.45, 2.75) is 38.3 Å². The predicted octanol–water partition coefficient (Wildman–Crippen LogP) is 1.42. The normalized spacial score (nSPS) is 15.6. The van der Waals surface area contributed by atoms with Gasteiger partial charge in [0.1, 0.15) is 5.56 Å². The summed E-state index contributed by atoms with van der Waals surface area (Å²) < 4.78 is 1.97. The average Bonchev–Trinajstić information content (AvgIpc) is 3.37. The number of hydrogen-bond donors (Lipinski definition) is 3. The molecule has 0 bridgehead atoms. The van der Waals surface area contributed by atoms with Gasteiger partial charge in [-0.25, -0.2) is 0 Å². The summed E-state index contributed by atoms with van der Waals surface area (Å²) >= 11 is 0. The van der Waals surface area contributed by atoms with Crippen LogP contribution in [0.1, 0.15) is 42.6 Å². The molecule has 1 aromatic heterocycles. The van der Waals surface area contributed by atoms with Crippen molar-refractivity contribution in [3.63, 3.8) is 0 Å². The second kappa shape index (κ2) is 6.04. The minimum atomic E-state index is -0.463. The van der Waals surface area contributed by atoms with E-state index in [1.165, 1.54) is 0 Å². The molecule has 0 spiro atoms. The summed E-state index contributed by atoms with van der Waals surface area (Å²) in [4.78, 5) is 25.2. The molecule has 1 atom stereocenters. The number of nitrogens with one attached hydrogen (secondary N) is 1. The molecule has 4 N–H and O–H groups in total. The predicted molar refractivity (Wildman–Crippen MR) is 89.5 cm³/mol. The zero-order valence-electron chi connectivity index (χ0n) is 13.1. The molecule has 1 aromatic carbocycles. The average molecular weight is 315 g/mol. The van der Waals surface area contributed by atoms with Crippen LogP contribution >= 0.6 is 0 Å². The monoisotopic (exact) mass is 315 g/mol. The van der Waals surface area contributed by atoms with E-state index in [2.05, 4.69) is 5.32 Å². The van der Waals surface area contributed by atoms with E-state index in [1.54, 1.807) is 12.3 Å². The van der Waals surface area contributed by atoms with E-state index in [1.807, 2.05) is 23.6 Å². The van der Waals surface area contributed by atoms with Crippen LogP contribution in [0, 0.1) is 0 Å². The van der Waals surface area contributed by atoms with Gasteiger partial charge in [0, 0.05) is 17.9 Å². The summed E-state index contributed by atoms with van der Waals surface area (Å²) in [6.45, 7) is 1.71. The highest BCUT2D eigenvalue weighted by molar-refractivity contribution is 6.00. The van der Waals surface area contributed by atoms with Crippen LogP contribution in [0.2, 0.25) is 0 Å². The van der Waals surface area contributed by atoms with Crippen LogP contribution in [0.4, 0.5) is 5.69 Å². The summed E-state index contributed by atoms with van der Waals surface area (Å²) in [6, 6.07) is 5.29. The van der Waals surface area contributed by atoms with Crippen molar-refractivity contribution in [1.29, 1.82) is 0 Å². The van der Waals surface area contributed by atoms with Crippen molar-refractivity contribution in [2.24, 2.45) is 0 Å². The molecular formula is C17H21N3O3. The number of carbonyl (C=O) groups is 1. The van der Waals surface area contributed by atoms with Gasteiger partial charge in [0.15, 0.2) is 0 Å². The van der Waals surface area contributed by atoms with Gasteiger partial charge in [-0.3, -0.25) is 9.59 Å². The lowest BCUT2D eigenvalue weighted by Crippen LogP contribution is -2.39. The minimum absolute atomic E-state index is 0.0780. The number of nitrogens with zero attached hydrogens (tertiary/aromatic N) is 1. The highest BCUT2D eigenvalue weighted by Crippen LogP contribution is 2.37. The van der Waals surface area contributed by atoms with Crippen LogP contribution < -0.4 is 16.5 Å². The SMILES string of the molecule is CCC(CO)NC(=O)c1cn(C2CC2)c2cccc(N)c2c1=O. The molecule has 1 aliphatic rings. The first-order valence-corrected chi connectivity index (χ1v) is 7.91. The number of rotatable bonds is 5. The summed E-state index contributed by atoms with van der Waals surface area (Å²) in [5.41, 5.74) is 6.85. The molecule has 1 amide bonds. The van der Waals surface area contributed by atoms with E-state index in [0.717, 1.165) is 18.4 Å². The molecule has 1 saturated carbocycles. The van der Waals surface area contributed by atoms with Gasteiger partial charge in [0.05, 0.1) is 23.6 Å². The molecule has 23 heavy (non-hydrogen) atoms. The van der Waals surface area contributed by atoms with Crippen LogP contribution in [-0.2, 0) is 0 Å². The number of pyridine rings is 1. The lowest BCUT2D eigenvalue weighted by atomic mass is 10.1. The zero-order valence-corrected chi connectivity index (χ0v) is 13.1. The van der Waals surface area contributed by atoms with Gasteiger partial charge in [0.25, 0.3) is 5.91 Å². The second-order valence-electron chi connectivity index (χ2n) is 6.01. The molecule has 2 aromatic rings. The standard InChI is InChI=1S/C17H21N3O3/c1-2-10(9-21)19-17(23)12-8-20(11-6-7-11)14-5-3-4-13(18)15(14)16(12)22/h3-5,8,10-11,21H,2,6-7,9,18H2,1H3,(H,19,23). The Morgan fingerprint density at radius 1 is 1.48 bits per heavy atom. The molecule has 6 heteroatoms. The number of aromatic nitrogens is 1. The first kappa shape index (κ1) is 15.6. The fourth-order valence-electron chi connectivity index (χ4n) is 2.78. The molecule has 1 aliphatic carbocycles. The summed E-state index contributed by atoms with van der Waals surface area (Å²) in [7, 11) is 0.